The summed E-state index contributed by atoms with van der Waals surface area (Å²) in [5.74, 6) is 0.684. The Morgan fingerprint density at radius 3 is 2.67 bits per heavy atom. The van der Waals surface area contributed by atoms with E-state index in [1.54, 1.807) is 18.3 Å². The summed E-state index contributed by atoms with van der Waals surface area (Å²) in [7, 11) is 0. The predicted molar refractivity (Wildman–Crippen MR) is 54.1 cm³/mol. The fraction of sp³-hybridized carbons (Fsp3) is 0. The Balaban J connectivity index is 2.25. The van der Waals surface area contributed by atoms with Crippen molar-refractivity contribution in [3.63, 3.8) is 0 Å². The molecule has 0 aliphatic heterocycles. The number of rotatable bonds is 2. The lowest BCUT2D eigenvalue weighted by Gasteiger charge is -2.06. The van der Waals surface area contributed by atoms with Crippen molar-refractivity contribution in [1.82, 2.24) is 4.98 Å². The molecule has 0 spiro atoms. The molecule has 0 aliphatic rings. The van der Waals surface area contributed by atoms with Gasteiger partial charge in [0.15, 0.2) is 11.5 Å². The molecule has 4 nitrogen and oxygen atoms in total. The Labute approximate surface area is 86.4 Å². The van der Waals surface area contributed by atoms with E-state index < -0.39 is 0 Å². The molecule has 1 heterocycles. The third-order valence-corrected chi connectivity index (χ3v) is 1.80. The van der Waals surface area contributed by atoms with Gasteiger partial charge in [0.1, 0.15) is 11.5 Å². The molecule has 2 N–H and O–H groups in total. The fourth-order valence-electron chi connectivity index (χ4n) is 1.13. The van der Waals surface area contributed by atoms with E-state index in [1.807, 2.05) is 0 Å². The summed E-state index contributed by atoms with van der Waals surface area (Å²) < 4.78 is 5.34. The first-order valence-electron chi connectivity index (χ1n) is 4.35. The second-order valence-corrected chi connectivity index (χ2v) is 2.94. The fourth-order valence-corrected chi connectivity index (χ4v) is 1.13. The summed E-state index contributed by atoms with van der Waals surface area (Å²) in [5, 5.41) is 18.5. The monoisotopic (exact) mass is 203 g/mol. The van der Waals surface area contributed by atoms with Crippen LogP contribution in [0.3, 0.4) is 0 Å². The molecule has 4 heteroatoms. The number of phenolic OH excluding ortho intramolecular Hbond substituents is 2. The first-order chi connectivity index (χ1) is 7.25. The van der Waals surface area contributed by atoms with Crippen molar-refractivity contribution in [2.24, 2.45) is 0 Å². The number of aromatic nitrogens is 1. The van der Waals surface area contributed by atoms with Gasteiger partial charge < -0.3 is 14.9 Å². The van der Waals surface area contributed by atoms with Gasteiger partial charge in [-0.15, -0.1) is 0 Å². The van der Waals surface area contributed by atoms with Gasteiger partial charge in [0.05, 0.1) is 6.20 Å². The highest BCUT2D eigenvalue weighted by molar-refractivity contribution is 5.45. The molecular formula is C11H9NO3. The summed E-state index contributed by atoms with van der Waals surface area (Å²) in [6, 6.07) is 7.58. The van der Waals surface area contributed by atoms with Crippen LogP contribution < -0.4 is 4.74 Å². The molecule has 0 aliphatic carbocycles. The molecule has 2 rings (SSSR count). The van der Waals surface area contributed by atoms with E-state index in [1.165, 1.54) is 24.4 Å². The van der Waals surface area contributed by atoms with Crippen LogP contribution in [0.4, 0.5) is 0 Å². The highest BCUT2D eigenvalue weighted by Crippen LogP contribution is 2.32. The van der Waals surface area contributed by atoms with Gasteiger partial charge in [0.2, 0.25) is 0 Å². The van der Waals surface area contributed by atoms with Crippen molar-refractivity contribution in [2.75, 3.05) is 0 Å². The van der Waals surface area contributed by atoms with Crippen LogP contribution in [0.2, 0.25) is 0 Å². The first-order valence-corrected chi connectivity index (χ1v) is 4.35. The quantitative estimate of drug-likeness (QED) is 0.786. The minimum Gasteiger partial charge on any atom is -0.508 e. The van der Waals surface area contributed by atoms with Gasteiger partial charge in [0.25, 0.3) is 0 Å². The average Bonchev–Trinajstić information content (AvgIpc) is 2.24. The molecule has 0 unspecified atom stereocenters. The SMILES string of the molecule is Oc1ccc(Oc2cccnc2)c(O)c1. The predicted octanol–water partition coefficient (Wildman–Crippen LogP) is 2.29. The maximum Gasteiger partial charge on any atom is 0.169 e. The number of phenols is 2. The largest absolute Gasteiger partial charge is 0.508 e. The van der Waals surface area contributed by atoms with Crippen LogP contribution in [-0.4, -0.2) is 15.2 Å². The minimum absolute atomic E-state index is 0.00830. The maximum atomic E-state index is 9.45. The van der Waals surface area contributed by atoms with E-state index in [2.05, 4.69) is 4.98 Å². The molecule has 76 valence electrons. The van der Waals surface area contributed by atoms with Crippen molar-refractivity contribution >= 4 is 0 Å². The standard InChI is InChI=1S/C11H9NO3/c13-8-3-4-11(10(14)6-8)15-9-2-1-5-12-7-9/h1-7,13-14H. The van der Waals surface area contributed by atoms with Crippen LogP contribution in [0.25, 0.3) is 0 Å². The van der Waals surface area contributed by atoms with E-state index in [-0.39, 0.29) is 17.2 Å². The van der Waals surface area contributed by atoms with Crippen molar-refractivity contribution in [3.8, 4) is 23.0 Å². The highest BCUT2D eigenvalue weighted by atomic mass is 16.5. The van der Waals surface area contributed by atoms with Crippen molar-refractivity contribution in [3.05, 3.63) is 42.7 Å². The molecule has 0 fully saturated rings. The van der Waals surface area contributed by atoms with Gasteiger partial charge in [-0.25, -0.2) is 0 Å². The van der Waals surface area contributed by atoms with Crippen LogP contribution in [0.15, 0.2) is 42.7 Å². The minimum atomic E-state index is -0.112. The van der Waals surface area contributed by atoms with Crippen molar-refractivity contribution in [1.29, 1.82) is 0 Å². The van der Waals surface area contributed by atoms with E-state index in [0.717, 1.165) is 0 Å². The zero-order valence-electron chi connectivity index (χ0n) is 7.79. The van der Waals surface area contributed by atoms with Gasteiger partial charge in [0, 0.05) is 12.3 Å². The Morgan fingerprint density at radius 1 is 1.13 bits per heavy atom. The molecule has 2 aromatic rings. The summed E-state index contributed by atoms with van der Waals surface area (Å²) in [4.78, 5) is 3.87. The smallest absolute Gasteiger partial charge is 0.169 e. The number of benzene rings is 1. The molecule has 0 radical (unpaired) electrons. The lowest BCUT2D eigenvalue weighted by Crippen LogP contribution is -1.84. The van der Waals surface area contributed by atoms with Crippen LogP contribution in [-0.2, 0) is 0 Å². The number of hydrogen-bond acceptors (Lipinski definition) is 4. The Morgan fingerprint density at radius 2 is 2.00 bits per heavy atom. The molecule has 0 bridgehead atoms. The van der Waals surface area contributed by atoms with Gasteiger partial charge in [-0.3, -0.25) is 4.98 Å². The third kappa shape index (κ3) is 2.17. The van der Waals surface area contributed by atoms with Crippen molar-refractivity contribution in [2.45, 2.75) is 0 Å². The Bertz CT molecular complexity index is 457. The van der Waals surface area contributed by atoms with Gasteiger partial charge in [-0.1, -0.05) is 0 Å². The van der Waals surface area contributed by atoms with E-state index in [9.17, 15) is 5.11 Å². The number of hydrogen-bond donors (Lipinski definition) is 2. The molecule has 1 aromatic carbocycles. The van der Waals surface area contributed by atoms with Gasteiger partial charge in [-0.05, 0) is 24.3 Å². The highest BCUT2D eigenvalue weighted by Gasteiger charge is 2.04. The zero-order valence-corrected chi connectivity index (χ0v) is 7.79. The normalized spacial score (nSPS) is 9.87. The maximum absolute atomic E-state index is 9.45. The zero-order chi connectivity index (χ0) is 10.7. The molecule has 0 atom stereocenters. The number of nitrogens with zero attached hydrogens (tertiary/aromatic N) is 1. The first kappa shape index (κ1) is 9.33. The molecule has 0 saturated carbocycles. The van der Waals surface area contributed by atoms with Crippen LogP contribution in [0, 0.1) is 0 Å². The van der Waals surface area contributed by atoms with E-state index in [4.69, 9.17) is 9.84 Å². The molecular weight excluding hydrogens is 194 g/mol. The number of pyridine rings is 1. The molecule has 0 amide bonds. The lowest BCUT2D eigenvalue weighted by molar-refractivity contribution is 0.402. The van der Waals surface area contributed by atoms with Crippen LogP contribution in [0.1, 0.15) is 0 Å². The summed E-state index contributed by atoms with van der Waals surface area (Å²) in [6.45, 7) is 0. The van der Waals surface area contributed by atoms with Crippen molar-refractivity contribution < 1.29 is 14.9 Å². The Kier molecular flexibility index (Phi) is 2.41. The summed E-state index contributed by atoms with van der Waals surface area (Å²) in [5.41, 5.74) is 0. The third-order valence-electron chi connectivity index (χ3n) is 1.80. The van der Waals surface area contributed by atoms with Gasteiger partial charge in [-0.2, -0.15) is 0 Å². The second kappa shape index (κ2) is 3.88. The van der Waals surface area contributed by atoms with Crippen LogP contribution in [0.5, 0.6) is 23.0 Å². The van der Waals surface area contributed by atoms with E-state index >= 15 is 0 Å². The van der Waals surface area contributed by atoms with Crippen LogP contribution >= 0.6 is 0 Å². The molecule has 1 aromatic heterocycles. The van der Waals surface area contributed by atoms with E-state index in [0.29, 0.717) is 5.75 Å². The summed E-state index contributed by atoms with van der Waals surface area (Å²) in [6.07, 6.45) is 3.16. The lowest BCUT2D eigenvalue weighted by atomic mass is 10.3. The average molecular weight is 203 g/mol. The number of ether oxygens (including phenoxy) is 1. The van der Waals surface area contributed by atoms with Gasteiger partial charge >= 0.3 is 0 Å². The molecule has 15 heavy (non-hydrogen) atoms. The second-order valence-electron chi connectivity index (χ2n) is 2.94. The number of aromatic hydroxyl groups is 2. The summed E-state index contributed by atoms with van der Waals surface area (Å²) >= 11 is 0. The molecule has 0 saturated heterocycles. The topological polar surface area (TPSA) is 62.6 Å². The Hall–Kier alpha value is -2.23.